The van der Waals surface area contributed by atoms with Crippen molar-refractivity contribution in [2.75, 3.05) is 31.1 Å². The van der Waals surface area contributed by atoms with Crippen molar-refractivity contribution in [2.45, 2.75) is 64.9 Å². The van der Waals surface area contributed by atoms with Crippen LogP contribution in [-0.2, 0) is 16.6 Å². The first kappa shape index (κ1) is 29.7. The minimum Gasteiger partial charge on any atom is -0.454 e. The highest BCUT2D eigenvalue weighted by molar-refractivity contribution is 7.89. The summed E-state index contributed by atoms with van der Waals surface area (Å²) in [6, 6.07) is 21.2. The fourth-order valence-electron chi connectivity index (χ4n) is 4.50. The third-order valence-electron chi connectivity index (χ3n) is 6.67. The highest BCUT2D eigenvalue weighted by Gasteiger charge is 2.30. The van der Waals surface area contributed by atoms with Gasteiger partial charge in [0.15, 0.2) is 5.75 Å². The molecule has 0 spiro atoms. The van der Waals surface area contributed by atoms with E-state index >= 15 is 0 Å². The van der Waals surface area contributed by atoms with E-state index in [9.17, 15) is 13.5 Å². The molecule has 0 atom stereocenters. The maximum absolute atomic E-state index is 13.9. The second kappa shape index (κ2) is 14.3. The van der Waals surface area contributed by atoms with E-state index in [-0.39, 0.29) is 11.5 Å². The third-order valence-corrected chi connectivity index (χ3v) is 8.72. The monoisotopic (exact) mass is 538 g/mol. The molecule has 0 aliphatic rings. The first-order valence-corrected chi connectivity index (χ1v) is 15.2. The van der Waals surface area contributed by atoms with Gasteiger partial charge in [-0.3, -0.25) is 0 Å². The zero-order valence-corrected chi connectivity index (χ0v) is 24.0. The Morgan fingerprint density at radius 3 is 2.00 bits per heavy atom. The number of hydrogen-bond acceptors (Lipinski definition) is 5. The highest BCUT2D eigenvalue weighted by Crippen LogP contribution is 2.42. The predicted molar refractivity (Wildman–Crippen MR) is 156 cm³/mol. The Morgan fingerprint density at radius 2 is 1.42 bits per heavy atom. The summed E-state index contributed by atoms with van der Waals surface area (Å²) in [6.45, 7) is 9.93. The maximum Gasteiger partial charge on any atom is 0.246 e. The van der Waals surface area contributed by atoms with Crippen LogP contribution >= 0.6 is 0 Å². The minimum atomic E-state index is -3.87. The van der Waals surface area contributed by atoms with Crippen LogP contribution in [0.15, 0.2) is 71.6 Å². The number of anilines is 1. The molecular weight excluding hydrogens is 496 g/mol. The number of rotatable bonds is 15. The lowest BCUT2D eigenvalue weighted by atomic mass is 10.1. The molecule has 206 valence electrons. The summed E-state index contributed by atoms with van der Waals surface area (Å²) in [4.78, 5) is 2.30. The molecular formula is C31H42N2O4S. The van der Waals surface area contributed by atoms with Gasteiger partial charge in [-0.15, -0.1) is 0 Å². The number of ether oxygens (including phenoxy) is 1. The van der Waals surface area contributed by atoms with E-state index in [1.165, 1.54) is 4.31 Å². The second-order valence-corrected chi connectivity index (χ2v) is 11.3. The molecule has 0 aliphatic heterocycles. The number of sulfonamides is 1. The van der Waals surface area contributed by atoms with Gasteiger partial charge in [-0.05, 0) is 53.8 Å². The molecule has 1 N–H and O–H groups in total. The van der Waals surface area contributed by atoms with Gasteiger partial charge in [0.1, 0.15) is 10.6 Å². The van der Waals surface area contributed by atoms with E-state index in [1.807, 2.05) is 74.5 Å². The van der Waals surface area contributed by atoms with Crippen LogP contribution in [0.2, 0.25) is 0 Å². The van der Waals surface area contributed by atoms with Crippen molar-refractivity contribution in [1.29, 1.82) is 0 Å². The molecule has 0 amide bonds. The van der Waals surface area contributed by atoms with Crippen LogP contribution in [-0.4, -0.2) is 44.0 Å². The first-order chi connectivity index (χ1) is 18.4. The van der Waals surface area contributed by atoms with Crippen molar-refractivity contribution in [2.24, 2.45) is 0 Å². The van der Waals surface area contributed by atoms with Crippen molar-refractivity contribution in [3.8, 4) is 22.6 Å². The Hall–Kier alpha value is -2.87. The maximum atomic E-state index is 13.9. The molecule has 6 nitrogen and oxygen atoms in total. The van der Waals surface area contributed by atoms with Crippen molar-refractivity contribution < 1.29 is 18.3 Å². The lowest BCUT2D eigenvalue weighted by Crippen LogP contribution is -2.32. The molecule has 38 heavy (non-hydrogen) atoms. The van der Waals surface area contributed by atoms with Gasteiger partial charge in [-0.1, -0.05) is 83.0 Å². The van der Waals surface area contributed by atoms with Gasteiger partial charge in [0.25, 0.3) is 0 Å². The lowest BCUT2D eigenvalue weighted by Gasteiger charge is -2.30. The summed E-state index contributed by atoms with van der Waals surface area (Å²) >= 11 is 0. The van der Waals surface area contributed by atoms with E-state index in [0.717, 1.165) is 49.9 Å². The molecule has 0 radical (unpaired) electrons. The molecule has 0 saturated heterocycles. The zero-order valence-electron chi connectivity index (χ0n) is 23.2. The number of unbranched alkanes of at least 4 members (excludes halogenated alkanes) is 2. The Bertz CT molecular complexity index is 1250. The molecule has 3 aromatic carbocycles. The van der Waals surface area contributed by atoms with E-state index in [0.29, 0.717) is 35.8 Å². The average molecular weight is 539 g/mol. The first-order valence-electron chi connectivity index (χ1n) is 13.8. The van der Waals surface area contributed by atoms with Crippen LogP contribution < -0.4 is 9.64 Å². The summed E-state index contributed by atoms with van der Waals surface area (Å²) in [5.74, 6) is 0.873. The zero-order chi connectivity index (χ0) is 27.5. The Morgan fingerprint density at radius 1 is 0.789 bits per heavy atom. The quantitative estimate of drug-likeness (QED) is 0.224. The fourth-order valence-corrected chi connectivity index (χ4v) is 6.14. The van der Waals surface area contributed by atoms with Crippen molar-refractivity contribution in [3.05, 3.63) is 72.3 Å². The number of aliphatic hydroxyl groups excluding tert-OH is 1. The van der Waals surface area contributed by atoms with Crippen LogP contribution in [0.25, 0.3) is 11.1 Å². The molecule has 0 fully saturated rings. The van der Waals surface area contributed by atoms with Gasteiger partial charge in [-0.2, -0.15) is 4.31 Å². The molecule has 3 rings (SSSR count). The molecule has 0 aromatic heterocycles. The topological polar surface area (TPSA) is 70.1 Å². The van der Waals surface area contributed by atoms with Crippen LogP contribution in [0, 0.1) is 0 Å². The third kappa shape index (κ3) is 7.16. The van der Waals surface area contributed by atoms with Gasteiger partial charge >= 0.3 is 0 Å². The molecule has 0 saturated carbocycles. The average Bonchev–Trinajstić information content (AvgIpc) is 2.94. The minimum absolute atomic E-state index is 0.0888. The number of nitrogens with zero attached hydrogens (tertiary/aromatic N) is 2. The van der Waals surface area contributed by atoms with Crippen LogP contribution in [0.1, 0.15) is 58.9 Å². The SMILES string of the molecule is CCCCN(CCCC)c1cc(CO)cc(S(=O)(=O)N(CC)CC)c1Oc1cccc(-c2ccccc2)c1. The molecule has 0 unspecified atom stereocenters. The largest absolute Gasteiger partial charge is 0.454 e. The van der Waals surface area contributed by atoms with E-state index in [1.54, 1.807) is 6.07 Å². The second-order valence-electron chi connectivity index (χ2n) is 9.38. The van der Waals surface area contributed by atoms with Crippen molar-refractivity contribution in [3.63, 3.8) is 0 Å². The number of hydrogen-bond donors (Lipinski definition) is 1. The van der Waals surface area contributed by atoms with Gasteiger partial charge in [0.05, 0.1) is 12.3 Å². The Balaban J connectivity index is 2.23. The Labute approximate surface area is 228 Å². The molecule has 0 bridgehead atoms. The van der Waals surface area contributed by atoms with Gasteiger partial charge in [-0.25, -0.2) is 8.42 Å². The lowest BCUT2D eigenvalue weighted by molar-refractivity contribution is 0.281. The molecule has 3 aromatic rings. The van der Waals surface area contributed by atoms with E-state index < -0.39 is 10.0 Å². The highest BCUT2D eigenvalue weighted by atomic mass is 32.2. The fraction of sp³-hybridized carbons (Fsp3) is 0.419. The summed E-state index contributed by atoms with van der Waals surface area (Å²) in [5.41, 5.74) is 3.29. The van der Waals surface area contributed by atoms with Crippen molar-refractivity contribution >= 4 is 15.7 Å². The Kier molecular flexibility index (Phi) is 11.2. The predicted octanol–water partition coefficient (Wildman–Crippen LogP) is 7.08. The van der Waals surface area contributed by atoms with Gasteiger partial charge in [0, 0.05) is 26.2 Å². The standard InChI is InChI=1S/C31H42N2O4S/c1-5-9-19-32(20-10-6-2)29-21-25(24-34)22-30(38(35,36)33(7-3)8-4)31(29)37-28-18-14-17-27(23-28)26-15-12-11-13-16-26/h11-18,21-23,34H,5-10,19-20,24H2,1-4H3. The van der Waals surface area contributed by atoms with Gasteiger partial charge < -0.3 is 14.7 Å². The summed E-state index contributed by atoms with van der Waals surface area (Å²) in [7, 11) is -3.87. The normalized spacial score (nSPS) is 11.6. The van der Waals surface area contributed by atoms with Gasteiger partial charge in [0.2, 0.25) is 10.0 Å². The molecule has 0 heterocycles. The molecule has 0 aliphatic carbocycles. The summed E-state index contributed by atoms with van der Waals surface area (Å²) in [6.07, 6.45) is 3.96. The van der Waals surface area contributed by atoms with Crippen LogP contribution in [0.3, 0.4) is 0 Å². The van der Waals surface area contributed by atoms with Crippen molar-refractivity contribution in [1.82, 2.24) is 4.31 Å². The number of aliphatic hydroxyl groups is 1. The van der Waals surface area contributed by atoms with E-state index in [2.05, 4.69) is 18.7 Å². The van der Waals surface area contributed by atoms with Crippen LogP contribution in [0.5, 0.6) is 11.5 Å². The smallest absolute Gasteiger partial charge is 0.246 e. The summed E-state index contributed by atoms with van der Waals surface area (Å²) in [5, 5.41) is 10.1. The summed E-state index contributed by atoms with van der Waals surface area (Å²) < 4.78 is 35.8. The van der Waals surface area contributed by atoms with Crippen LogP contribution in [0.4, 0.5) is 5.69 Å². The molecule has 7 heteroatoms. The van der Waals surface area contributed by atoms with E-state index in [4.69, 9.17) is 4.74 Å². The number of benzene rings is 3.